The van der Waals surface area contributed by atoms with Crippen LogP contribution in [0.4, 0.5) is 4.39 Å². The van der Waals surface area contributed by atoms with Crippen molar-refractivity contribution in [1.82, 2.24) is 19.3 Å². The van der Waals surface area contributed by atoms with Crippen LogP contribution < -0.4 is 0 Å². The van der Waals surface area contributed by atoms with E-state index in [0.29, 0.717) is 6.42 Å². The summed E-state index contributed by atoms with van der Waals surface area (Å²) in [4.78, 5) is 4.28. The SMILES string of the molecule is CCc1cc(F)ccc1-n1cncc1Cc1cnn(CC)c1Br. The Bertz CT molecular complexity index is 822. The quantitative estimate of drug-likeness (QED) is 0.670. The van der Waals surface area contributed by atoms with Crippen LogP contribution in [-0.2, 0) is 19.4 Å². The molecule has 23 heavy (non-hydrogen) atoms. The third-order valence-electron chi connectivity index (χ3n) is 3.91. The molecule has 0 unspecified atom stereocenters. The molecular formula is C17H18BrFN4. The molecule has 3 rings (SSSR count). The lowest BCUT2D eigenvalue weighted by molar-refractivity contribution is 0.625. The maximum atomic E-state index is 13.5. The Morgan fingerprint density at radius 3 is 2.70 bits per heavy atom. The molecule has 0 fully saturated rings. The Hall–Kier alpha value is -1.95. The molecule has 120 valence electrons. The second kappa shape index (κ2) is 6.66. The standard InChI is InChI=1S/C17H18BrFN4/c1-3-12-7-14(19)5-6-16(12)22-11-20-10-15(22)8-13-9-21-23(4-2)17(13)18/h5-7,9-11H,3-4,8H2,1-2H3. The van der Waals surface area contributed by atoms with Crippen LogP contribution in [0.25, 0.3) is 5.69 Å². The molecule has 0 aliphatic rings. The summed E-state index contributed by atoms with van der Waals surface area (Å²) < 4.78 is 18.4. The van der Waals surface area contributed by atoms with Crippen LogP contribution >= 0.6 is 15.9 Å². The van der Waals surface area contributed by atoms with Gasteiger partial charge in [0, 0.05) is 30.4 Å². The van der Waals surface area contributed by atoms with E-state index in [9.17, 15) is 4.39 Å². The van der Waals surface area contributed by atoms with Crippen molar-refractivity contribution < 1.29 is 4.39 Å². The van der Waals surface area contributed by atoms with E-state index in [-0.39, 0.29) is 5.82 Å². The fourth-order valence-corrected chi connectivity index (χ4v) is 3.27. The van der Waals surface area contributed by atoms with Crippen molar-refractivity contribution in [2.75, 3.05) is 0 Å². The van der Waals surface area contributed by atoms with E-state index < -0.39 is 0 Å². The molecule has 0 saturated carbocycles. The first-order valence-electron chi connectivity index (χ1n) is 7.64. The Morgan fingerprint density at radius 2 is 2.00 bits per heavy atom. The number of aromatic nitrogens is 4. The second-order valence-corrected chi connectivity index (χ2v) is 6.09. The molecular weight excluding hydrogens is 359 g/mol. The van der Waals surface area contributed by atoms with Gasteiger partial charge in [0.15, 0.2) is 0 Å². The summed E-state index contributed by atoms with van der Waals surface area (Å²) in [5.74, 6) is -0.209. The largest absolute Gasteiger partial charge is 0.303 e. The van der Waals surface area contributed by atoms with Crippen molar-refractivity contribution in [3.8, 4) is 5.69 Å². The Labute approximate surface area is 143 Å². The van der Waals surface area contributed by atoms with Gasteiger partial charge in [0.05, 0.1) is 18.2 Å². The van der Waals surface area contributed by atoms with Crippen LogP contribution in [0, 0.1) is 5.82 Å². The molecule has 2 heterocycles. The first-order chi connectivity index (χ1) is 11.1. The minimum absolute atomic E-state index is 0.209. The molecule has 0 atom stereocenters. The molecule has 0 amide bonds. The molecule has 0 radical (unpaired) electrons. The molecule has 0 aliphatic carbocycles. The Balaban J connectivity index is 1.98. The maximum absolute atomic E-state index is 13.5. The molecule has 6 heteroatoms. The second-order valence-electron chi connectivity index (χ2n) is 5.33. The van der Waals surface area contributed by atoms with Gasteiger partial charge in [-0.2, -0.15) is 5.10 Å². The van der Waals surface area contributed by atoms with Gasteiger partial charge in [-0.25, -0.2) is 9.37 Å². The lowest BCUT2D eigenvalue weighted by Crippen LogP contribution is -2.04. The maximum Gasteiger partial charge on any atom is 0.123 e. The average molecular weight is 377 g/mol. The molecule has 0 aliphatic heterocycles. The van der Waals surface area contributed by atoms with E-state index in [4.69, 9.17) is 0 Å². The predicted octanol–water partition coefficient (Wildman–Crippen LogP) is 4.14. The van der Waals surface area contributed by atoms with E-state index in [1.165, 1.54) is 6.07 Å². The highest BCUT2D eigenvalue weighted by molar-refractivity contribution is 9.10. The first-order valence-corrected chi connectivity index (χ1v) is 8.43. The zero-order valence-electron chi connectivity index (χ0n) is 13.1. The first kappa shape index (κ1) is 15.9. The van der Waals surface area contributed by atoms with Crippen molar-refractivity contribution in [3.63, 3.8) is 0 Å². The molecule has 4 nitrogen and oxygen atoms in total. The van der Waals surface area contributed by atoms with Crippen LogP contribution in [0.5, 0.6) is 0 Å². The number of aryl methyl sites for hydroxylation is 2. The number of rotatable bonds is 5. The van der Waals surface area contributed by atoms with Crippen molar-refractivity contribution in [3.05, 3.63) is 64.2 Å². The molecule has 0 bridgehead atoms. The van der Waals surface area contributed by atoms with Gasteiger partial charge >= 0.3 is 0 Å². The van der Waals surface area contributed by atoms with Crippen molar-refractivity contribution in [2.24, 2.45) is 0 Å². The van der Waals surface area contributed by atoms with Gasteiger partial charge in [-0.05, 0) is 53.0 Å². The molecule has 2 aromatic heterocycles. The number of hydrogen-bond acceptors (Lipinski definition) is 2. The third-order valence-corrected chi connectivity index (χ3v) is 4.83. The number of halogens is 2. The topological polar surface area (TPSA) is 35.6 Å². The molecule has 1 aromatic carbocycles. The zero-order chi connectivity index (χ0) is 16.4. The van der Waals surface area contributed by atoms with Crippen LogP contribution in [0.15, 0.2) is 41.5 Å². The number of hydrogen-bond donors (Lipinski definition) is 0. The van der Waals surface area contributed by atoms with Crippen molar-refractivity contribution >= 4 is 15.9 Å². The number of benzene rings is 1. The lowest BCUT2D eigenvalue weighted by Gasteiger charge is -2.12. The zero-order valence-corrected chi connectivity index (χ0v) is 14.7. The third kappa shape index (κ3) is 3.08. The Kier molecular flexibility index (Phi) is 4.61. The summed E-state index contributed by atoms with van der Waals surface area (Å²) in [6, 6.07) is 4.89. The highest BCUT2D eigenvalue weighted by Crippen LogP contribution is 2.23. The van der Waals surface area contributed by atoms with E-state index in [0.717, 1.165) is 40.1 Å². The summed E-state index contributed by atoms with van der Waals surface area (Å²) in [6.45, 7) is 4.90. The van der Waals surface area contributed by atoms with E-state index in [1.54, 1.807) is 12.4 Å². The van der Waals surface area contributed by atoms with Gasteiger partial charge in [-0.3, -0.25) is 4.68 Å². The Morgan fingerprint density at radius 1 is 1.17 bits per heavy atom. The van der Waals surface area contributed by atoms with Gasteiger partial charge in [0.1, 0.15) is 10.4 Å². The summed E-state index contributed by atoms with van der Waals surface area (Å²) in [7, 11) is 0. The van der Waals surface area contributed by atoms with E-state index >= 15 is 0 Å². The number of imidazole rings is 1. The fourth-order valence-electron chi connectivity index (χ4n) is 2.69. The van der Waals surface area contributed by atoms with Crippen LogP contribution in [-0.4, -0.2) is 19.3 Å². The van der Waals surface area contributed by atoms with Crippen molar-refractivity contribution in [1.29, 1.82) is 0 Å². The number of nitrogens with zero attached hydrogens (tertiary/aromatic N) is 4. The monoisotopic (exact) mass is 376 g/mol. The lowest BCUT2D eigenvalue weighted by atomic mass is 10.1. The van der Waals surface area contributed by atoms with Crippen LogP contribution in [0.1, 0.15) is 30.7 Å². The fraction of sp³-hybridized carbons (Fsp3) is 0.294. The van der Waals surface area contributed by atoms with Gasteiger partial charge < -0.3 is 4.57 Å². The van der Waals surface area contributed by atoms with Crippen LogP contribution in [0.2, 0.25) is 0 Å². The van der Waals surface area contributed by atoms with Crippen LogP contribution in [0.3, 0.4) is 0 Å². The normalized spacial score (nSPS) is 11.1. The molecule has 0 saturated heterocycles. The van der Waals surface area contributed by atoms with Crippen molar-refractivity contribution in [2.45, 2.75) is 33.2 Å². The summed E-state index contributed by atoms with van der Waals surface area (Å²) >= 11 is 3.60. The van der Waals surface area contributed by atoms with E-state index in [2.05, 4.69) is 32.9 Å². The molecule has 0 spiro atoms. The predicted molar refractivity (Wildman–Crippen MR) is 91.3 cm³/mol. The van der Waals surface area contributed by atoms with Gasteiger partial charge in [-0.1, -0.05) is 6.92 Å². The minimum atomic E-state index is -0.209. The summed E-state index contributed by atoms with van der Waals surface area (Å²) in [5.41, 5.74) is 4.09. The highest BCUT2D eigenvalue weighted by Gasteiger charge is 2.13. The highest BCUT2D eigenvalue weighted by atomic mass is 79.9. The van der Waals surface area contributed by atoms with Gasteiger partial charge in [-0.15, -0.1) is 0 Å². The van der Waals surface area contributed by atoms with Gasteiger partial charge in [0.25, 0.3) is 0 Å². The molecule has 0 N–H and O–H groups in total. The smallest absolute Gasteiger partial charge is 0.123 e. The summed E-state index contributed by atoms with van der Waals surface area (Å²) in [6.07, 6.45) is 6.97. The molecule has 3 aromatic rings. The average Bonchev–Trinajstić information content (AvgIpc) is 3.15. The van der Waals surface area contributed by atoms with Gasteiger partial charge in [0.2, 0.25) is 0 Å². The minimum Gasteiger partial charge on any atom is -0.303 e. The van der Waals surface area contributed by atoms with E-state index in [1.807, 2.05) is 34.6 Å². The summed E-state index contributed by atoms with van der Waals surface area (Å²) in [5, 5.41) is 4.35.